The van der Waals surface area contributed by atoms with Crippen LogP contribution in [0.15, 0.2) is 47.3 Å². The minimum Gasteiger partial charge on any atom is -0.326 e. The van der Waals surface area contributed by atoms with Crippen LogP contribution in [0.4, 0.5) is 5.69 Å². The standard InChI is InChI=1S/C15H12N2O2/c1-9(18)16-12-7-4-8-13-14(12)10-5-2-3-6-11(10)15(19)17-13/h2-8H,1H3,(H,16,18)(H,17,19). The van der Waals surface area contributed by atoms with Gasteiger partial charge in [-0.3, -0.25) is 9.59 Å². The summed E-state index contributed by atoms with van der Waals surface area (Å²) in [5.74, 6) is -0.136. The van der Waals surface area contributed by atoms with Gasteiger partial charge in [-0.1, -0.05) is 24.3 Å². The number of anilines is 1. The topological polar surface area (TPSA) is 62.0 Å². The number of nitrogens with one attached hydrogen (secondary N) is 2. The number of aromatic nitrogens is 1. The second kappa shape index (κ2) is 4.24. The molecule has 19 heavy (non-hydrogen) atoms. The summed E-state index contributed by atoms with van der Waals surface area (Å²) in [4.78, 5) is 26.1. The van der Waals surface area contributed by atoms with Crippen molar-refractivity contribution in [3.8, 4) is 0 Å². The maximum absolute atomic E-state index is 12.0. The van der Waals surface area contributed by atoms with Crippen molar-refractivity contribution in [2.45, 2.75) is 6.92 Å². The number of rotatable bonds is 1. The predicted molar refractivity (Wildman–Crippen MR) is 76.4 cm³/mol. The molecule has 0 aliphatic heterocycles. The maximum atomic E-state index is 12.0. The second-order valence-electron chi connectivity index (χ2n) is 4.41. The molecule has 94 valence electrons. The highest BCUT2D eigenvalue weighted by Gasteiger charge is 2.09. The SMILES string of the molecule is CC(=O)Nc1cccc2[nH]c(=O)c3ccccc3c12. The molecule has 4 heteroatoms. The highest BCUT2D eigenvalue weighted by Crippen LogP contribution is 2.28. The zero-order valence-corrected chi connectivity index (χ0v) is 10.4. The number of fused-ring (bicyclic) bond motifs is 3. The monoisotopic (exact) mass is 252 g/mol. The van der Waals surface area contributed by atoms with Gasteiger partial charge in [0, 0.05) is 17.7 Å². The van der Waals surface area contributed by atoms with Crippen LogP contribution >= 0.6 is 0 Å². The van der Waals surface area contributed by atoms with E-state index in [0.717, 1.165) is 16.3 Å². The number of pyridine rings is 1. The molecule has 0 fully saturated rings. The first-order chi connectivity index (χ1) is 9.16. The van der Waals surface area contributed by atoms with Crippen molar-refractivity contribution in [3.63, 3.8) is 0 Å². The van der Waals surface area contributed by atoms with Gasteiger partial charge in [-0.25, -0.2) is 0 Å². The van der Waals surface area contributed by atoms with Crippen LogP contribution in [0.2, 0.25) is 0 Å². The molecule has 1 aromatic heterocycles. The minimum atomic E-state index is -0.136. The summed E-state index contributed by atoms with van der Waals surface area (Å²) in [6.07, 6.45) is 0. The average Bonchev–Trinajstić information content (AvgIpc) is 2.38. The van der Waals surface area contributed by atoms with Crippen molar-refractivity contribution in [1.29, 1.82) is 0 Å². The van der Waals surface area contributed by atoms with Crippen molar-refractivity contribution in [1.82, 2.24) is 4.98 Å². The van der Waals surface area contributed by atoms with E-state index in [1.807, 2.05) is 30.3 Å². The summed E-state index contributed by atoms with van der Waals surface area (Å²) in [7, 11) is 0. The van der Waals surface area contributed by atoms with Gasteiger partial charge in [-0.2, -0.15) is 0 Å². The number of benzene rings is 2. The Morgan fingerprint density at radius 1 is 1.05 bits per heavy atom. The largest absolute Gasteiger partial charge is 0.326 e. The number of carbonyl (C=O) groups excluding carboxylic acids is 1. The van der Waals surface area contributed by atoms with Crippen LogP contribution in [0, 0.1) is 0 Å². The molecular weight excluding hydrogens is 240 g/mol. The van der Waals surface area contributed by atoms with Gasteiger partial charge in [0.25, 0.3) is 5.56 Å². The molecule has 2 N–H and O–H groups in total. The third kappa shape index (κ3) is 1.87. The lowest BCUT2D eigenvalue weighted by molar-refractivity contribution is -0.114. The second-order valence-corrected chi connectivity index (χ2v) is 4.41. The van der Waals surface area contributed by atoms with E-state index in [9.17, 15) is 9.59 Å². The van der Waals surface area contributed by atoms with Crippen molar-refractivity contribution < 1.29 is 4.79 Å². The van der Waals surface area contributed by atoms with Crippen molar-refractivity contribution in [3.05, 3.63) is 52.8 Å². The summed E-state index contributed by atoms with van der Waals surface area (Å²) in [6, 6.07) is 12.8. The van der Waals surface area contributed by atoms with Crippen molar-refractivity contribution >= 4 is 33.3 Å². The average molecular weight is 252 g/mol. The Labute approximate surface area is 109 Å². The van der Waals surface area contributed by atoms with E-state index in [1.54, 1.807) is 12.1 Å². The van der Waals surface area contributed by atoms with Crippen LogP contribution in [-0.4, -0.2) is 10.9 Å². The first-order valence-electron chi connectivity index (χ1n) is 5.98. The molecule has 0 aliphatic rings. The Morgan fingerprint density at radius 3 is 2.53 bits per heavy atom. The van der Waals surface area contributed by atoms with E-state index in [1.165, 1.54) is 6.92 Å². The highest BCUT2D eigenvalue weighted by atomic mass is 16.1. The summed E-state index contributed by atoms with van der Waals surface area (Å²) >= 11 is 0. The third-order valence-electron chi connectivity index (χ3n) is 3.06. The molecule has 1 amide bonds. The number of carbonyl (C=O) groups is 1. The van der Waals surface area contributed by atoms with Gasteiger partial charge >= 0.3 is 0 Å². The fraction of sp³-hybridized carbons (Fsp3) is 0.0667. The first-order valence-corrected chi connectivity index (χ1v) is 5.98. The highest BCUT2D eigenvalue weighted by molar-refractivity contribution is 6.13. The fourth-order valence-corrected chi connectivity index (χ4v) is 2.33. The van der Waals surface area contributed by atoms with Gasteiger partial charge in [0.2, 0.25) is 5.91 Å². The van der Waals surface area contributed by atoms with E-state index in [4.69, 9.17) is 0 Å². The molecule has 3 rings (SSSR count). The van der Waals surface area contributed by atoms with E-state index >= 15 is 0 Å². The molecule has 1 heterocycles. The summed E-state index contributed by atoms with van der Waals surface area (Å²) in [6.45, 7) is 1.46. The van der Waals surface area contributed by atoms with Gasteiger partial charge < -0.3 is 10.3 Å². The van der Waals surface area contributed by atoms with Crippen molar-refractivity contribution in [2.24, 2.45) is 0 Å². The Hall–Kier alpha value is -2.62. The quantitative estimate of drug-likeness (QED) is 0.654. The summed E-state index contributed by atoms with van der Waals surface area (Å²) < 4.78 is 0. The lowest BCUT2D eigenvalue weighted by Crippen LogP contribution is -2.09. The molecular formula is C15H12N2O2. The number of amides is 1. The molecule has 4 nitrogen and oxygen atoms in total. The minimum absolute atomic E-state index is 0.122. The smallest absolute Gasteiger partial charge is 0.256 e. The third-order valence-corrected chi connectivity index (χ3v) is 3.06. The molecule has 0 atom stereocenters. The van der Waals surface area contributed by atoms with E-state index in [2.05, 4.69) is 10.3 Å². The molecule has 0 saturated carbocycles. The Balaban J connectivity index is 2.50. The van der Waals surface area contributed by atoms with Gasteiger partial charge in [0.05, 0.1) is 11.2 Å². The molecule has 2 aromatic carbocycles. The molecule has 0 aliphatic carbocycles. The van der Waals surface area contributed by atoms with E-state index in [0.29, 0.717) is 11.1 Å². The van der Waals surface area contributed by atoms with Crippen LogP contribution in [-0.2, 0) is 4.79 Å². The van der Waals surface area contributed by atoms with Gasteiger partial charge in [-0.05, 0) is 23.6 Å². The first kappa shape index (κ1) is 11.5. The summed E-state index contributed by atoms with van der Waals surface area (Å²) in [5, 5.41) is 5.11. The van der Waals surface area contributed by atoms with E-state index < -0.39 is 0 Å². The predicted octanol–water partition coefficient (Wildman–Crippen LogP) is 2.64. The van der Waals surface area contributed by atoms with Gasteiger partial charge in [0.1, 0.15) is 0 Å². The lowest BCUT2D eigenvalue weighted by atomic mass is 10.0. The molecule has 0 unspecified atom stereocenters. The van der Waals surface area contributed by atoms with Crippen LogP contribution in [0.3, 0.4) is 0 Å². The lowest BCUT2D eigenvalue weighted by Gasteiger charge is -2.09. The fourth-order valence-electron chi connectivity index (χ4n) is 2.33. The van der Waals surface area contributed by atoms with Crippen LogP contribution in [0.5, 0.6) is 0 Å². The molecule has 0 saturated heterocycles. The van der Waals surface area contributed by atoms with Crippen molar-refractivity contribution in [2.75, 3.05) is 5.32 Å². The number of H-pyrrole nitrogens is 1. The number of hydrogen-bond donors (Lipinski definition) is 2. The molecule has 0 bridgehead atoms. The zero-order chi connectivity index (χ0) is 13.4. The summed E-state index contributed by atoms with van der Waals surface area (Å²) in [5.41, 5.74) is 1.30. The zero-order valence-electron chi connectivity index (χ0n) is 10.4. The maximum Gasteiger partial charge on any atom is 0.256 e. The van der Waals surface area contributed by atoms with Gasteiger partial charge in [0.15, 0.2) is 0 Å². The molecule has 0 radical (unpaired) electrons. The van der Waals surface area contributed by atoms with E-state index in [-0.39, 0.29) is 11.5 Å². The Morgan fingerprint density at radius 2 is 1.79 bits per heavy atom. The van der Waals surface area contributed by atoms with Gasteiger partial charge in [-0.15, -0.1) is 0 Å². The molecule has 3 aromatic rings. The van der Waals surface area contributed by atoms with Crippen LogP contribution in [0.25, 0.3) is 21.7 Å². The van der Waals surface area contributed by atoms with Crippen LogP contribution < -0.4 is 10.9 Å². The number of hydrogen-bond acceptors (Lipinski definition) is 2. The Bertz CT molecular complexity index is 850. The van der Waals surface area contributed by atoms with Crippen LogP contribution in [0.1, 0.15) is 6.92 Å². The number of aromatic amines is 1. The molecule has 0 spiro atoms. The Kier molecular flexibility index (Phi) is 2.56. The normalized spacial score (nSPS) is 10.8.